The molecule has 1 aliphatic carbocycles. The molecule has 1 aromatic carbocycles. The van der Waals surface area contributed by atoms with Crippen molar-refractivity contribution in [3.63, 3.8) is 0 Å². The van der Waals surface area contributed by atoms with Gasteiger partial charge in [0.05, 0.1) is 13.7 Å². The second-order valence-electron chi connectivity index (χ2n) is 13.7. The van der Waals surface area contributed by atoms with Crippen LogP contribution in [0, 0.1) is 11.3 Å². The molecule has 4 rings (SSSR count). The molecule has 3 amide bonds. The molecule has 0 unspecified atom stereocenters. The van der Waals surface area contributed by atoms with Crippen molar-refractivity contribution >= 4 is 46.3 Å². The summed E-state index contributed by atoms with van der Waals surface area (Å²) < 4.78 is 16.8. The van der Waals surface area contributed by atoms with E-state index in [2.05, 4.69) is 15.6 Å². The molecule has 1 saturated carbocycles. The molecule has 2 aromatic rings. The molecule has 11 nitrogen and oxygen atoms in total. The molecule has 1 saturated heterocycles. The number of alkyl carbamates (subject to hydrolysis) is 1. The van der Waals surface area contributed by atoms with Gasteiger partial charge in [-0.05, 0) is 68.2 Å². The number of benzene rings is 1. The molecule has 240 valence electrons. The average molecular weight is 631 g/mol. The van der Waals surface area contributed by atoms with Crippen LogP contribution in [-0.4, -0.2) is 76.7 Å². The molecule has 0 bridgehead atoms. The van der Waals surface area contributed by atoms with Crippen LogP contribution in [0.1, 0.15) is 67.7 Å². The Balaban J connectivity index is 1.65. The molecule has 12 heteroatoms. The third kappa shape index (κ3) is 7.20. The number of aromatic nitrogens is 1. The first-order valence-electron chi connectivity index (χ1n) is 14.9. The Morgan fingerprint density at radius 1 is 1.14 bits per heavy atom. The van der Waals surface area contributed by atoms with Crippen LogP contribution >= 0.6 is 11.6 Å². The maximum atomic E-state index is 14.2. The number of esters is 1. The number of fused-ring (bicyclic) bond motifs is 1. The Morgan fingerprint density at radius 2 is 1.84 bits per heavy atom. The lowest BCUT2D eigenvalue weighted by atomic mass is 9.85. The third-order valence-electron chi connectivity index (χ3n) is 8.08. The standard InChI is InChI=1S/C32H43ClN4O7/c1-9-19-16-32(19,28(40)42-8)36-25(38)23-15-21(43-26-22-11-10-20(33)14-18(22)12-13-34-26)17-37(23)27(39)24(30(2,3)4)35-29(41)44-31(5,6)7/h10-14,19,21,23-24H,9,15-17H2,1-8H3,(H,35,41)(H,36,38)/t19-,21-,23+,24-,32-/m1/s1. The number of halogens is 1. The van der Waals surface area contributed by atoms with Gasteiger partial charge in [0.1, 0.15) is 29.3 Å². The lowest BCUT2D eigenvalue weighted by molar-refractivity contribution is -0.148. The van der Waals surface area contributed by atoms with Gasteiger partial charge in [-0.3, -0.25) is 9.59 Å². The van der Waals surface area contributed by atoms with E-state index in [0.29, 0.717) is 23.7 Å². The number of nitrogens with zero attached hydrogens (tertiary/aromatic N) is 2. The first kappa shape index (κ1) is 33.3. The smallest absolute Gasteiger partial charge is 0.408 e. The number of likely N-dealkylation sites (tertiary alicyclic amines) is 1. The van der Waals surface area contributed by atoms with Gasteiger partial charge in [-0.2, -0.15) is 0 Å². The first-order valence-corrected chi connectivity index (χ1v) is 15.3. The summed E-state index contributed by atoms with van der Waals surface area (Å²) in [5.74, 6) is -1.20. The molecule has 1 aliphatic heterocycles. The van der Waals surface area contributed by atoms with Gasteiger partial charge in [-0.25, -0.2) is 14.6 Å². The number of rotatable bonds is 8. The molecular formula is C32H43ClN4O7. The third-order valence-corrected chi connectivity index (χ3v) is 8.32. The number of ether oxygens (including phenoxy) is 3. The van der Waals surface area contributed by atoms with Crippen molar-refractivity contribution in [2.24, 2.45) is 11.3 Å². The van der Waals surface area contributed by atoms with Crippen LogP contribution in [0.5, 0.6) is 5.88 Å². The van der Waals surface area contributed by atoms with E-state index in [-0.39, 0.29) is 18.9 Å². The lowest BCUT2D eigenvalue weighted by Crippen LogP contribution is -2.59. The van der Waals surface area contributed by atoms with E-state index in [9.17, 15) is 19.2 Å². The van der Waals surface area contributed by atoms with E-state index in [1.807, 2.05) is 33.8 Å². The Kier molecular flexibility index (Phi) is 9.40. The fourth-order valence-electron chi connectivity index (χ4n) is 5.75. The topological polar surface area (TPSA) is 136 Å². The summed E-state index contributed by atoms with van der Waals surface area (Å²) >= 11 is 6.18. The fraction of sp³-hybridized carbons (Fsp3) is 0.594. The van der Waals surface area contributed by atoms with Gasteiger partial charge >= 0.3 is 12.1 Å². The highest BCUT2D eigenvalue weighted by molar-refractivity contribution is 6.31. The number of pyridine rings is 1. The first-order chi connectivity index (χ1) is 20.5. The lowest BCUT2D eigenvalue weighted by Gasteiger charge is -2.36. The van der Waals surface area contributed by atoms with Crippen LogP contribution in [-0.2, 0) is 23.9 Å². The van der Waals surface area contributed by atoms with Gasteiger partial charge in [0.25, 0.3) is 0 Å². The molecule has 44 heavy (non-hydrogen) atoms. The monoisotopic (exact) mass is 630 g/mol. The van der Waals surface area contributed by atoms with Crippen LogP contribution in [0.2, 0.25) is 5.02 Å². The summed E-state index contributed by atoms with van der Waals surface area (Å²) in [6.45, 7) is 12.6. The second-order valence-corrected chi connectivity index (χ2v) is 14.1. The molecule has 2 N–H and O–H groups in total. The highest BCUT2D eigenvalue weighted by Crippen LogP contribution is 2.47. The SMILES string of the molecule is CC[C@@H]1C[C@]1(NC(=O)[C@@H]1C[C@@H](Oc2nccc3cc(Cl)ccc23)CN1C(=O)[C@@H](NC(=O)OC(C)(C)C)C(C)(C)C)C(=O)OC. The zero-order valence-corrected chi connectivity index (χ0v) is 27.4. The maximum Gasteiger partial charge on any atom is 0.408 e. The van der Waals surface area contributed by atoms with Crippen molar-refractivity contribution in [2.75, 3.05) is 13.7 Å². The van der Waals surface area contributed by atoms with Gasteiger partial charge in [-0.1, -0.05) is 45.7 Å². The van der Waals surface area contributed by atoms with E-state index in [1.54, 1.807) is 45.2 Å². The van der Waals surface area contributed by atoms with Crippen LogP contribution < -0.4 is 15.4 Å². The minimum Gasteiger partial charge on any atom is -0.472 e. The van der Waals surface area contributed by atoms with Crippen molar-refractivity contribution in [3.05, 3.63) is 35.5 Å². The summed E-state index contributed by atoms with van der Waals surface area (Å²) in [4.78, 5) is 59.5. The quantitative estimate of drug-likeness (QED) is 0.403. The minimum atomic E-state index is -1.14. The number of hydrogen-bond acceptors (Lipinski definition) is 8. The van der Waals surface area contributed by atoms with Crippen LogP contribution in [0.25, 0.3) is 10.8 Å². The second kappa shape index (κ2) is 12.4. The summed E-state index contributed by atoms with van der Waals surface area (Å²) in [5.41, 5.74) is -2.65. The predicted octanol–water partition coefficient (Wildman–Crippen LogP) is 4.63. The molecule has 0 spiro atoms. The highest BCUT2D eigenvalue weighted by atomic mass is 35.5. The van der Waals surface area contributed by atoms with Crippen molar-refractivity contribution in [1.82, 2.24) is 20.5 Å². The van der Waals surface area contributed by atoms with Crippen molar-refractivity contribution in [2.45, 2.75) is 97.1 Å². The number of amides is 3. The van der Waals surface area contributed by atoms with Crippen LogP contribution in [0.3, 0.4) is 0 Å². The maximum absolute atomic E-state index is 14.2. The normalized spacial score (nSPS) is 23.9. The van der Waals surface area contributed by atoms with E-state index < -0.39 is 58.6 Å². The van der Waals surface area contributed by atoms with Crippen molar-refractivity contribution in [3.8, 4) is 5.88 Å². The van der Waals surface area contributed by atoms with E-state index in [4.69, 9.17) is 25.8 Å². The minimum absolute atomic E-state index is 0.0492. The Labute approximate surface area is 263 Å². The molecule has 2 fully saturated rings. The van der Waals surface area contributed by atoms with Gasteiger partial charge in [0, 0.05) is 23.0 Å². The van der Waals surface area contributed by atoms with Gasteiger partial charge in [0.2, 0.25) is 17.7 Å². The number of carbonyl (C=O) groups excluding carboxylic acids is 4. The number of methoxy groups -OCH3 is 1. The number of hydrogen-bond donors (Lipinski definition) is 2. The zero-order chi connectivity index (χ0) is 32.6. The Bertz CT molecular complexity index is 1440. The van der Waals surface area contributed by atoms with Gasteiger partial charge in [0.15, 0.2) is 0 Å². The number of nitrogens with one attached hydrogen (secondary N) is 2. The summed E-state index contributed by atoms with van der Waals surface area (Å²) in [6.07, 6.45) is 1.52. The summed E-state index contributed by atoms with van der Waals surface area (Å²) in [7, 11) is 1.29. The highest BCUT2D eigenvalue weighted by Gasteiger charge is 2.62. The molecule has 2 heterocycles. The van der Waals surface area contributed by atoms with Gasteiger partial charge in [-0.15, -0.1) is 0 Å². The summed E-state index contributed by atoms with van der Waals surface area (Å²) in [5, 5.41) is 7.77. The van der Waals surface area contributed by atoms with Crippen molar-refractivity contribution < 1.29 is 33.4 Å². The predicted molar refractivity (Wildman–Crippen MR) is 165 cm³/mol. The molecule has 2 aliphatic rings. The molecular weight excluding hydrogens is 588 g/mol. The zero-order valence-electron chi connectivity index (χ0n) is 26.7. The van der Waals surface area contributed by atoms with Crippen molar-refractivity contribution in [1.29, 1.82) is 0 Å². The fourth-order valence-corrected chi connectivity index (χ4v) is 5.93. The average Bonchev–Trinajstić information content (AvgIpc) is 3.48. The van der Waals surface area contributed by atoms with E-state index >= 15 is 0 Å². The molecule has 5 atom stereocenters. The summed E-state index contributed by atoms with van der Waals surface area (Å²) in [6, 6.07) is 5.15. The van der Waals surface area contributed by atoms with Crippen LogP contribution in [0.4, 0.5) is 4.79 Å². The Hall–Kier alpha value is -3.60. The molecule has 1 aromatic heterocycles. The number of carbonyl (C=O) groups is 4. The van der Waals surface area contributed by atoms with Crippen LogP contribution in [0.15, 0.2) is 30.5 Å². The van der Waals surface area contributed by atoms with E-state index in [1.165, 1.54) is 12.0 Å². The molecule has 0 radical (unpaired) electrons. The van der Waals surface area contributed by atoms with Gasteiger partial charge < -0.3 is 29.7 Å². The largest absolute Gasteiger partial charge is 0.472 e. The Morgan fingerprint density at radius 3 is 2.43 bits per heavy atom. The van der Waals surface area contributed by atoms with E-state index in [0.717, 1.165) is 10.8 Å².